The normalized spacial score (nSPS) is 15.7. The highest BCUT2D eigenvalue weighted by atomic mass is 32.9. The second-order valence-corrected chi connectivity index (χ2v) is 5.84. The molecule has 2 unspecified atom stereocenters. The van der Waals surface area contributed by atoms with Gasteiger partial charge in [-0.3, -0.25) is 8.74 Å². The van der Waals surface area contributed by atoms with Crippen LogP contribution in [0.4, 0.5) is 0 Å². The molecule has 0 amide bonds. The molecule has 0 aliphatic heterocycles. The van der Waals surface area contributed by atoms with Gasteiger partial charge < -0.3 is 15.2 Å². The first kappa shape index (κ1) is 17.4. The summed E-state index contributed by atoms with van der Waals surface area (Å²) in [6.07, 6.45) is -0.879. The maximum atomic E-state index is 11.0. The molecule has 0 aromatic rings. The van der Waals surface area contributed by atoms with Gasteiger partial charge in [-0.05, 0) is 6.92 Å². The second-order valence-electron chi connectivity index (χ2n) is 3.49. The fourth-order valence-corrected chi connectivity index (χ4v) is 1.34. The van der Waals surface area contributed by atoms with Crippen molar-refractivity contribution in [1.29, 1.82) is 0 Å². The van der Waals surface area contributed by atoms with Crippen LogP contribution in [0.5, 0.6) is 0 Å². The van der Waals surface area contributed by atoms with Crippen LogP contribution in [0.15, 0.2) is 12.2 Å². The van der Waals surface area contributed by atoms with E-state index in [1.807, 2.05) is 0 Å². The van der Waals surface area contributed by atoms with Crippen molar-refractivity contribution in [2.24, 2.45) is 0 Å². The minimum atomic E-state index is -3.60. The summed E-state index contributed by atoms with van der Waals surface area (Å²) in [7, 11) is -3.60. The molecule has 0 aliphatic rings. The molecule has 9 heteroatoms. The number of esters is 1. The number of ether oxygens (including phenoxy) is 1. The summed E-state index contributed by atoms with van der Waals surface area (Å²) in [4.78, 5) is 11.0. The maximum absolute atomic E-state index is 11.0. The lowest BCUT2D eigenvalue weighted by atomic mass is 10.3. The summed E-state index contributed by atoms with van der Waals surface area (Å²) < 4.78 is 28.2. The van der Waals surface area contributed by atoms with Gasteiger partial charge in [-0.25, -0.2) is 4.79 Å². The maximum Gasteiger partial charge on any atom is 0.333 e. The molecule has 0 spiro atoms. The molecular formula is C9H17NO6S2. The number of nitrogens with one attached hydrogen (secondary N) is 1. The molecule has 2 atom stereocenters. The first-order valence-corrected chi connectivity index (χ1v) is 7.42. The molecule has 106 valence electrons. The van der Waals surface area contributed by atoms with E-state index < -0.39 is 21.1 Å². The first-order chi connectivity index (χ1) is 8.22. The predicted molar refractivity (Wildman–Crippen MR) is 68.7 cm³/mol. The van der Waals surface area contributed by atoms with E-state index in [4.69, 9.17) is 9.29 Å². The highest BCUT2D eigenvalue weighted by Crippen LogP contribution is 1.93. The van der Waals surface area contributed by atoms with Crippen molar-refractivity contribution in [2.45, 2.75) is 13.0 Å². The van der Waals surface area contributed by atoms with Gasteiger partial charge >= 0.3 is 5.97 Å². The number of aliphatic hydroxyl groups excluding tert-OH is 1. The fraction of sp³-hybridized carbons (Fsp3) is 0.667. The predicted octanol–water partition coefficient (Wildman–Crippen LogP) is -0.793. The molecule has 0 fully saturated rings. The van der Waals surface area contributed by atoms with E-state index in [0.717, 1.165) is 0 Å². The lowest BCUT2D eigenvalue weighted by Crippen LogP contribution is -2.33. The van der Waals surface area contributed by atoms with Crippen molar-refractivity contribution in [1.82, 2.24) is 5.32 Å². The van der Waals surface area contributed by atoms with Crippen LogP contribution in [0.2, 0.25) is 0 Å². The highest BCUT2D eigenvalue weighted by Gasteiger charge is 2.09. The molecule has 0 saturated carbocycles. The van der Waals surface area contributed by atoms with Crippen molar-refractivity contribution in [2.75, 3.05) is 26.3 Å². The largest absolute Gasteiger partial charge is 0.460 e. The van der Waals surface area contributed by atoms with Crippen LogP contribution in [-0.2, 0) is 34.0 Å². The number of carbonyl (C=O) groups is 1. The van der Waals surface area contributed by atoms with Gasteiger partial charge in [0.25, 0.3) is 9.05 Å². The number of hydrogen-bond acceptors (Lipinski definition) is 7. The minimum absolute atomic E-state index is 0.0584. The van der Waals surface area contributed by atoms with Gasteiger partial charge in [-0.15, -0.1) is 0 Å². The standard InChI is InChI=1S/C9H17NO6S2/c1-7(2)9(12)15-6-8(11)5-10-3-4-16-18(13,14)17/h8,10-11H,1,3-6H2,2H3,(H,13,14,17). The second kappa shape index (κ2) is 8.51. The van der Waals surface area contributed by atoms with E-state index in [9.17, 15) is 14.1 Å². The molecule has 0 radical (unpaired) electrons. The van der Waals surface area contributed by atoms with Gasteiger partial charge in [-0.1, -0.05) is 6.58 Å². The van der Waals surface area contributed by atoms with E-state index in [1.54, 1.807) is 0 Å². The summed E-state index contributed by atoms with van der Waals surface area (Å²) in [6, 6.07) is 0. The van der Waals surface area contributed by atoms with Gasteiger partial charge in [0.1, 0.15) is 12.7 Å². The monoisotopic (exact) mass is 299 g/mol. The van der Waals surface area contributed by atoms with Crippen molar-refractivity contribution >= 4 is 26.2 Å². The van der Waals surface area contributed by atoms with Crippen molar-refractivity contribution in [3.63, 3.8) is 0 Å². The summed E-state index contributed by atoms with van der Waals surface area (Å²) in [5, 5.41) is 12.1. The third-order valence-corrected chi connectivity index (χ3v) is 2.40. The van der Waals surface area contributed by atoms with Gasteiger partial charge in [0.2, 0.25) is 0 Å². The Labute approximate surface area is 111 Å². The zero-order chi connectivity index (χ0) is 14.2. The topological polar surface area (TPSA) is 105 Å². The van der Waals surface area contributed by atoms with Crippen molar-refractivity contribution in [3.8, 4) is 0 Å². The Kier molecular flexibility index (Phi) is 8.24. The Morgan fingerprint density at radius 3 is 2.72 bits per heavy atom. The molecule has 0 bridgehead atoms. The van der Waals surface area contributed by atoms with E-state index in [-0.39, 0.29) is 31.9 Å². The zero-order valence-electron chi connectivity index (χ0n) is 9.96. The zero-order valence-corrected chi connectivity index (χ0v) is 11.6. The van der Waals surface area contributed by atoms with Crippen LogP contribution in [0.3, 0.4) is 0 Å². The molecule has 0 saturated heterocycles. The van der Waals surface area contributed by atoms with Crippen LogP contribution in [-0.4, -0.2) is 52.2 Å². The summed E-state index contributed by atoms with van der Waals surface area (Å²) in [5.41, 5.74) is 0.256. The molecular weight excluding hydrogens is 282 g/mol. The van der Waals surface area contributed by atoms with E-state index in [2.05, 4.69) is 27.3 Å². The number of hydrogen-bond donors (Lipinski definition) is 3. The molecule has 0 heterocycles. The third-order valence-electron chi connectivity index (χ3n) is 1.65. The van der Waals surface area contributed by atoms with Crippen LogP contribution in [0.25, 0.3) is 0 Å². The highest BCUT2D eigenvalue weighted by molar-refractivity contribution is 8.27. The molecule has 7 nitrogen and oxygen atoms in total. The fourth-order valence-electron chi connectivity index (χ4n) is 0.842. The molecule has 18 heavy (non-hydrogen) atoms. The van der Waals surface area contributed by atoms with Crippen LogP contribution >= 0.6 is 0 Å². The van der Waals surface area contributed by atoms with Crippen LogP contribution < -0.4 is 5.32 Å². The number of rotatable bonds is 9. The van der Waals surface area contributed by atoms with Gasteiger partial charge in [0.15, 0.2) is 0 Å². The Morgan fingerprint density at radius 1 is 1.61 bits per heavy atom. The molecule has 0 aromatic carbocycles. The minimum Gasteiger partial charge on any atom is -0.460 e. The molecule has 0 rings (SSSR count). The Hall–Kier alpha value is -0.580. The van der Waals surface area contributed by atoms with E-state index >= 15 is 0 Å². The van der Waals surface area contributed by atoms with Crippen LogP contribution in [0, 0.1) is 0 Å². The Bertz CT molecular complexity index is 381. The lowest BCUT2D eigenvalue weighted by Gasteiger charge is -2.12. The third kappa shape index (κ3) is 10.6. The average Bonchev–Trinajstić information content (AvgIpc) is 2.23. The van der Waals surface area contributed by atoms with E-state index in [1.165, 1.54) is 6.92 Å². The lowest BCUT2D eigenvalue weighted by molar-refractivity contribution is -0.141. The number of aliphatic hydroxyl groups is 1. The van der Waals surface area contributed by atoms with Crippen LogP contribution in [0.1, 0.15) is 6.92 Å². The van der Waals surface area contributed by atoms with Crippen molar-refractivity contribution < 1.29 is 27.6 Å². The Balaban J connectivity index is 3.57. The first-order valence-electron chi connectivity index (χ1n) is 5.05. The Morgan fingerprint density at radius 2 is 2.22 bits per heavy atom. The van der Waals surface area contributed by atoms with Gasteiger partial charge in [0.05, 0.1) is 6.61 Å². The summed E-state index contributed by atoms with van der Waals surface area (Å²) in [5.74, 6) is -0.566. The van der Waals surface area contributed by atoms with E-state index in [0.29, 0.717) is 0 Å². The molecule has 3 N–H and O–H groups in total. The summed E-state index contributed by atoms with van der Waals surface area (Å²) in [6.45, 7) is 5.07. The molecule has 0 aromatic heterocycles. The van der Waals surface area contributed by atoms with Gasteiger partial charge in [-0.2, -0.15) is 4.21 Å². The smallest absolute Gasteiger partial charge is 0.333 e. The number of carbonyl (C=O) groups excluding carboxylic acids is 1. The molecule has 0 aliphatic carbocycles. The van der Waals surface area contributed by atoms with Crippen molar-refractivity contribution in [3.05, 3.63) is 12.2 Å². The SMILES string of the molecule is C=C(C)C(=O)OCC(O)CNCCOS(=O)(O)=S. The average molecular weight is 299 g/mol. The van der Waals surface area contributed by atoms with Gasteiger partial charge in [0, 0.05) is 29.9 Å². The quantitative estimate of drug-likeness (QED) is 0.289. The summed E-state index contributed by atoms with van der Waals surface area (Å²) >= 11 is 4.10.